The summed E-state index contributed by atoms with van der Waals surface area (Å²) in [6, 6.07) is 6.64. The Kier molecular flexibility index (Phi) is 6.40. The molecule has 0 spiro atoms. The van der Waals surface area contributed by atoms with Gasteiger partial charge < -0.3 is 11.1 Å². The number of hydrogen-bond donors (Lipinski definition) is 2. The molecular weight excluding hydrogens is 274 g/mol. The minimum absolute atomic E-state index is 0.0907. The van der Waals surface area contributed by atoms with Crippen LogP contribution in [0.2, 0.25) is 0 Å². The van der Waals surface area contributed by atoms with E-state index in [0.717, 1.165) is 37.1 Å². The highest BCUT2D eigenvalue weighted by Gasteiger charge is 2.23. The van der Waals surface area contributed by atoms with E-state index < -0.39 is 0 Å². The van der Waals surface area contributed by atoms with Crippen LogP contribution in [0.15, 0.2) is 18.2 Å². The second-order valence-corrected chi connectivity index (χ2v) is 6.21. The summed E-state index contributed by atoms with van der Waals surface area (Å²) < 4.78 is 0. The molecule has 1 heterocycles. The quantitative estimate of drug-likeness (QED) is 0.849. The summed E-state index contributed by atoms with van der Waals surface area (Å²) in [4.78, 5) is 14.8. The van der Waals surface area contributed by atoms with Crippen molar-refractivity contribution in [2.75, 3.05) is 25.0 Å². The lowest BCUT2D eigenvalue weighted by Gasteiger charge is -2.35. The number of piperidine rings is 1. The molecule has 1 aromatic rings. The molecule has 0 saturated carbocycles. The molecule has 0 aliphatic carbocycles. The van der Waals surface area contributed by atoms with Crippen LogP contribution in [0.4, 0.5) is 5.69 Å². The van der Waals surface area contributed by atoms with Gasteiger partial charge in [-0.25, -0.2) is 0 Å². The van der Waals surface area contributed by atoms with Crippen LogP contribution >= 0.6 is 0 Å². The molecule has 22 heavy (non-hydrogen) atoms. The number of anilines is 1. The van der Waals surface area contributed by atoms with Gasteiger partial charge in [-0.05, 0) is 56.8 Å². The van der Waals surface area contributed by atoms with Crippen molar-refractivity contribution in [2.45, 2.75) is 52.0 Å². The average Bonchev–Trinajstić information content (AvgIpc) is 2.51. The van der Waals surface area contributed by atoms with Gasteiger partial charge in [-0.1, -0.05) is 31.5 Å². The fourth-order valence-electron chi connectivity index (χ4n) is 3.35. The average molecular weight is 303 g/mol. The molecule has 1 saturated heterocycles. The van der Waals surface area contributed by atoms with Gasteiger partial charge in [0.05, 0.1) is 6.54 Å². The van der Waals surface area contributed by atoms with Gasteiger partial charge in [0.2, 0.25) is 5.91 Å². The smallest absolute Gasteiger partial charge is 0.238 e. The molecule has 0 aromatic heterocycles. The standard InChI is InChI=1S/C18H29N3O/c1-3-15-8-6-7-14(2)18(15)20-17(22)13-21-12-5-4-9-16(21)10-11-19/h6-8,16H,3-5,9-13,19H2,1-2H3,(H,20,22). The first-order chi connectivity index (χ1) is 10.7. The molecule has 1 fully saturated rings. The Morgan fingerprint density at radius 2 is 2.23 bits per heavy atom. The van der Waals surface area contributed by atoms with Crippen LogP contribution < -0.4 is 11.1 Å². The molecule has 0 bridgehead atoms. The van der Waals surface area contributed by atoms with Crippen molar-refractivity contribution in [3.63, 3.8) is 0 Å². The first kappa shape index (κ1) is 17.0. The van der Waals surface area contributed by atoms with E-state index in [0.29, 0.717) is 19.1 Å². The molecule has 1 aliphatic heterocycles. The van der Waals surface area contributed by atoms with Crippen molar-refractivity contribution in [3.05, 3.63) is 29.3 Å². The van der Waals surface area contributed by atoms with Crippen molar-refractivity contribution < 1.29 is 4.79 Å². The number of amides is 1. The zero-order chi connectivity index (χ0) is 15.9. The highest BCUT2D eigenvalue weighted by molar-refractivity contribution is 5.93. The maximum Gasteiger partial charge on any atom is 0.238 e. The molecular formula is C18H29N3O. The molecule has 1 aromatic carbocycles. The minimum Gasteiger partial charge on any atom is -0.330 e. The van der Waals surface area contributed by atoms with Crippen molar-refractivity contribution in [1.82, 2.24) is 4.90 Å². The molecule has 4 nitrogen and oxygen atoms in total. The lowest BCUT2D eigenvalue weighted by atomic mass is 9.99. The van der Waals surface area contributed by atoms with Gasteiger partial charge in [0, 0.05) is 11.7 Å². The topological polar surface area (TPSA) is 58.4 Å². The van der Waals surface area contributed by atoms with Crippen LogP contribution in [0, 0.1) is 6.92 Å². The Labute approximate surface area is 134 Å². The molecule has 1 unspecified atom stereocenters. The predicted octanol–water partition coefficient (Wildman–Crippen LogP) is 2.70. The van der Waals surface area contributed by atoms with Crippen LogP contribution in [0.5, 0.6) is 0 Å². The normalized spacial score (nSPS) is 19.1. The Bertz CT molecular complexity index is 499. The number of aryl methyl sites for hydroxylation is 2. The summed E-state index contributed by atoms with van der Waals surface area (Å²) >= 11 is 0. The Morgan fingerprint density at radius 3 is 2.95 bits per heavy atom. The van der Waals surface area contributed by atoms with E-state index >= 15 is 0 Å². The number of carbonyl (C=O) groups excluding carboxylic acids is 1. The lowest BCUT2D eigenvalue weighted by molar-refractivity contribution is -0.118. The van der Waals surface area contributed by atoms with Crippen LogP contribution in [-0.4, -0.2) is 36.5 Å². The highest BCUT2D eigenvalue weighted by Crippen LogP contribution is 2.22. The van der Waals surface area contributed by atoms with E-state index in [2.05, 4.69) is 23.2 Å². The number of benzene rings is 1. The second kappa shape index (κ2) is 8.30. The molecule has 0 radical (unpaired) electrons. The number of rotatable bonds is 6. The van der Waals surface area contributed by atoms with Gasteiger partial charge in [0.1, 0.15) is 0 Å². The molecule has 122 valence electrons. The monoisotopic (exact) mass is 303 g/mol. The van der Waals surface area contributed by atoms with Gasteiger partial charge in [0.25, 0.3) is 0 Å². The largest absolute Gasteiger partial charge is 0.330 e. The summed E-state index contributed by atoms with van der Waals surface area (Å²) in [6.45, 7) is 6.34. The second-order valence-electron chi connectivity index (χ2n) is 6.21. The van der Waals surface area contributed by atoms with Gasteiger partial charge in [-0.15, -0.1) is 0 Å². The highest BCUT2D eigenvalue weighted by atomic mass is 16.2. The van der Waals surface area contributed by atoms with Gasteiger partial charge in [-0.3, -0.25) is 9.69 Å². The Balaban J connectivity index is 2.00. The van der Waals surface area contributed by atoms with E-state index in [1.807, 2.05) is 19.1 Å². The molecule has 1 aliphatic rings. The lowest BCUT2D eigenvalue weighted by Crippen LogP contribution is -2.44. The van der Waals surface area contributed by atoms with Crippen LogP contribution in [-0.2, 0) is 11.2 Å². The number of nitrogens with two attached hydrogens (primary N) is 1. The third kappa shape index (κ3) is 4.31. The summed E-state index contributed by atoms with van der Waals surface area (Å²) in [5.74, 6) is 0.0907. The van der Waals surface area contributed by atoms with Crippen LogP contribution in [0.25, 0.3) is 0 Å². The maximum atomic E-state index is 12.5. The number of hydrogen-bond acceptors (Lipinski definition) is 3. The SMILES string of the molecule is CCc1cccc(C)c1NC(=O)CN1CCCCC1CCN. The van der Waals surface area contributed by atoms with Crippen molar-refractivity contribution in [1.29, 1.82) is 0 Å². The van der Waals surface area contributed by atoms with Crippen molar-refractivity contribution in [3.8, 4) is 0 Å². The van der Waals surface area contributed by atoms with Crippen LogP contribution in [0.1, 0.15) is 43.7 Å². The fourth-order valence-corrected chi connectivity index (χ4v) is 3.35. The van der Waals surface area contributed by atoms with Crippen LogP contribution in [0.3, 0.4) is 0 Å². The first-order valence-corrected chi connectivity index (χ1v) is 8.48. The van der Waals surface area contributed by atoms with E-state index in [9.17, 15) is 4.79 Å². The molecule has 1 atom stereocenters. The van der Waals surface area contributed by atoms with E-state index in [1.165, 1.54) is 18.4 Å². The number of nitrogens with zero attached hydrogens (tertiary/aromatic N) is 1. The van der Waals surface area contributed by atoms with E-state index in [1.54, 1.807) is 0 Å². The number of nitrogens with one attached hydrogen (secondary N) is 1. The summed E-state index contributed by atoms with van der Waals surface area (Å²) in [5, 5.41) is 3.13. The van der Waals surface area contributed by atoms with E-state index in [4.69, 9.17) is 5.73 Å². The first-order valence-electron chi connectivity index (χ1n) is 8.48. The molecule has 1 amide bonds. The minimum atomic E-state index is 0.0907. The maximum absolute atomic E-state index is 12.5. The summed E-state index contributed by atoms with van der Waals surface area (Å²) in [6.07, 6.45) is 5.50. The van der Waals surface area contributed by atoms with Crippen molar-refractivity contribution in [2.24, 2.45) is 5.73 Å². The number of carbonyl (C=O) groups is 1. The van der Waals surface area contributed by atoms with Gasteiger partial charge >= 0.3 is 0 Å². The zero-order valence-electron chi connectivity index (χ0n) is 13.9. The predicted molar refractivity (Wildman–Crippen MR) is 92.1 cm³/mol. The van der Waals surface area contributed by atoms with E-state index in [-0.39, 0.29) is 5.91 Å². The zero-order valence-corrected chi connectivity index (χ0v) is 13.9. The molecule has 3 N–H and O–H groups in total. The summed E-state index contributed by atoms with van der Waals surface area (Å²) in [5.41, 5.74) is 9.02. The Morgan fingerprint density at radius 1 is 1.41 bits per heavy atom. The number of likely N-dealkylation sites (tertiary alicyclic amines) is 1. The summed E-state index contributed by atoms with van der Waals surface area (Å²) in [7, 11) is 0. The third-order valence-electron chi connectivity index (χ3n) is 4.60. The van der Waals surface area contributed by atoms with Gasteiger partial charge in [-0.2, -0.15) is 0 Å². The molecule has 4 heteroatoms. The Hall–Kier alpha value is -1.39. The van der Waals surface area contributed by atoms with Gasteiger partial charge in [0.15, 0.2) is 0 Å². The third-order valence-corrected chi connectivity index (χ3v) is 4.60. The number of para-hydroxylation sites is 1. The fraction of sp³-hybridized carbons (Fsp3) is 0.611. The van der Waals surface area contributed by atoms with Crippen molar-refractivity contribution >= 4 is 11.6 Å². The molecule has 2 rings (SSSR count).